The van der Waals surface area contributed by atoms with E-state index < -0.39 is 9.84 Å². The van der Waals surface area contributed by atoms with Crippen LogP contribution in [0, 0.1) is 0 Å². The van der Waals surface area contributed by atoms with Crippen molar-refractivity contribution in [3.05, 3.63) is 29.8 Å². The van der Waals surface area contributed by atoms with E-state index in [4.69, 9.17) is 10.5 Å². The highest BCUT2D eigenvalue weighted by molar-refractivity contribution is 7.91. The van der Waals surface area contributed by atoms with Crippen LogP contribution in [0.2, 0.25) is 0 Å². The molecular weight excluding hydrogens is 288 g/mol. The second kappa shape index (κ2) is 6.77. The zero-order chi connectivity index (χ0) is 15.5. The SMILES string of the molecule is CCOc1ccc(C(CN)N(C)C2CCS(=O)(=O)C2)cc1. The molecule has 1 aliphatic rings. The predicted octanol–water partition coefficient (Wildman–Crippen LogP) is 1.20. The minimum absolute atomic E-state index is 0.0268. The van der Waals surface area contributed by atoms with Gasteiger partial charge in [0.05, 0.1) is 18.1 Å². The Kier molecular flexibility index (Phi) is 5.24. The van der Waals surface area contributed by atoms with Gasteiger partial charge < -0.3 is 10.5 Å². The van der Waals surface area contributed by atoms with Crippen LogP contribution in [0.5, 0.6) is 5.75 Å². The fraction of sp³-hybridized carbons (Fsp3) is 0.600. The maximum absolute atomic E-state index is 11.6. The molecule has 0 saturated carbocycles. The van der Waals surface area contributed by atoms with E-state index >= 15 is 0 Å². The smallest absolute Gasteiger partial charge is 0.151 e. The minimum Gasteiger partial charge on any atom is -0.494 e. The van der Waals surface area contributed by atoms with Crippen molar-refractivity contribution in [3.8, 4) is 5.75 Å². The fourth-order valence-electron chi connectivity index (χ4n) is 2.84. The summed E-state index contributed by atoms with van der Waals surface area (Å²) in [6.45, 7) is 3.05. The quantitative estimate of drug-likeness (QED) is 0.854. The molecule has 2 atom stereocenters. The van der Waals surface area contributed by atoms with Gasteiger partial charge in [0.1, 0.15) is 5.75 Å². The first kappa shape index (κ1) is 16.3. The van der Waals surface area contributed by atoms with Crippen molar-refractivity contribution in [2.45, 2.75) is 25.4 Å². The molecule has 0 bridgehead atoms. The lowest BCUT2D eigenvalue weighted by Crippen LogP contribution is -2.39. The molecule has 0 radical (unpaired) electrons. The topological polar surface area (TPSA) is 72.6 Å². The summed E-state index contributed by atoms with van der Waals surface area (Å²) in [4.78, 5) is 2.10. The van der Waals surface area contributed by atoms with Crippen LogP contribution in [-0.4, -0.2) is 51.1 Å². The summed E-state index contributed by atoms with van der Waals surface area (Å²) in [5.74, 6) is 1.35. The third-order valence-electron chi connectivity index (χ3n) is 4.08. The van der Waals surface area contributed by atoms with Crippen molar-refractivity contribution in [1.82, 2.24) is 4.90 Å². The van der Waals surface area contributed by atoms with E-state index in [1.54, 1.807) is 0 Å². The largest absolute Gasteiger partial charge is 0.494 e. The molecule has 0 aromatic heterocycles. The average molecular weight is 312 g/mol. The Hall–Kier alpha value is -1.11. The average Bonchev–Trinajstić information content (AvgIpc) is 2.82. The van der Waals surface area contributed by atoms with Gasteiger partial charge >= 0.3 is 0 Å². The number of hydrogen-bond donors (Lipinski definition) is 1. The molecule has 1 aliphatic heterocycles. The Morgan fingerprint density at radius 2 is 2.05 bits per heavy atom. The van der Waals surface area contributed by atoms with Crippen LogP contribution in [0.4, 0.5) is 0 Å². The summed E-state index contributed by atoms with van der Waals surface area (Å²) in [6, 6.07) is 7.95. The second-order valence-corrected chi connectivity index (χ2v) is 7.70. The second-order valence-electron chi connectivity index (χ2n) is 5.48. The van der Waals surface area contributed by atoms with Gasteiger partial charge in [0.2, 0.25) is 0 Å². The summed E-state index contributed by atoms with van der Waals surface area (Å²) in [5.41, 5.74) is 7.01. The van der Waals surface area contributed by atoms with Crippen LogP contribution < -0.4 is 10.5 Å². The summed E-state index contributed by atoms with van der Waals surface area (Å²) in [6.07, 6.45) is 0.687. The first-order chi connectivity index (χ1) is 9.96. The zero-order valence-electron chi connectivity index (χ0n) is 12.7. The van der Waals surface area contributed by atoms with Crippen molar-refractivity contribution >= 4 is 9.84 Å². The van der Waals surface area contributed by atoms with Crippen LogP contribution in [0.3, 0.4) is 0 Å². The lowest BCUT2D eigenvalue weighted by Gasteiger charge is -2.32. The first-order valence-corrected chi connectivity index (χ1v) is 9.14. The van der Waals surface area contributed by atoms with E-state index in [9.17, 15) is 8.42 Å². The van der Waals surface area contributed by atoms with Gasteiger partial charge in [-0.25, -0.2) is 8.42 Å². The summed E-state index contributed by atoms with van der Waals surface area (Å²) >= 11 is 0. The number of benzene rings is 1. The van der Waals surface area contributed by atoms with Crippen molar-refractivity contribution in [3.63, 3.8) is 0 Å². The third-order valence-corrected chi connectivity index (χ3v) is 5.83. The Bertz CT molecular complexity index is 557. The Labute approximate surface area is 127 Å². The predicted molar refractivity (Wildman–Crippen MR) is 84.2 cm³/mol. The van der Waals surface area contributed by atoms with Gasteiger partial charge in [-0.05, 0) is 38.1 Å². The zero-order valence-corrected chi connectivity index (χ0v) is 13.5. The van der Waals surface area contributed by atoms with E-state index in [1.807, 2.05) is 38.2 Å². The number of hydrogen-bond acceptors (Lipinski definition) is 5. The minimum atomic E-state index is -2.88. The molecule has 0 aliphatic carbocycles. The highest BCUT2D eigenvalue weighted by Gasteiger charge is 2.33. The van der Waals surface area contributed by atoms with E-state index in [1.165, 1.54) is 0 Å². The molecule has 1 saturated heterocycles. The van der Waals surface area contributed by atoms with Gasteiger partial charge in [0.15, 0.2) is 9.84 Å². The molecule has 1 aromatic rings. The molecule has 118 valence electrons. The molecule has 6 heteroatoms. The normalized spacial score (nSPS) is 22.4. The molecule has 0 amide bonds. The van der Waals surface area contributed by atoms with Gasteiger partial charge in [-0.2, -0.15) is 0 Å². The highest BCUT2D eigenvalue weighted by Crippen LogP contribution is 2.27. The maximum Gasteiger partial charge on any atom is 0.151 e. The van der Waals surface area contributed by atoms with Crippen LogP contribution in [0.1, 0.15) is 24.9 Å². The molecule has 5 nitrogen and oxygen atoms in total. The number of nitrogens with two attached hydrogens (primary N) is 1. The van der Waals surface area contributed by atoms with Gasteiger partial charge in [0, 0.05) is 18.6 Å². The van der Waals surface area contributed by atoms with E-state index in [0.29, 0.717) is 19.6 Å². The van der Waals surface area contributed by atoms with Gasteiger partial charge in [0.25, 0.3) is 0 Å². The monoisotopic (exact) mass is 312 g/mol. The number of sulfone groups is 1. The lowest BCUT2D eigenvalue weighted by molar-refractivity contribution is 0.192. The molecule has 2 rings (SSSR count). The Morgan fingerprint density at radius 3 is 2.52 bits per heavy atom. The fourth-order valence-corrected chi connectivity index (χ4v) is 4.63. The van der Waals surface area contributed by atoms with Gasteiger partial charge in [-0.15, -0.1) is 0 Å². The van der Waals surface area contributed by atoms with Crippen molar-refractivity contribution in [2.24, 2.45) is 5.73 Å². The van der Waals surface area contributed by atoms with Crippen molar-refractivity contribution in [2.75, 3.05) is 31.7 Å². The van der Waals surface area contributed by atoms with Crippen LogP contribution >= 0.6 is 0 Å². The Morgan fingerprint density at radius 1 is 1.38 bits per heavy atom. The molecule has 1 aromatic carbocycles. The first-order valence-electron chi connectivity index (χ1n) is 7.32. The van der Waals surface area contributed by atoms with E-state index in [-0.39, 0.29) is 23.6 Å². The summed E-state index contributed by atoms with van der Waals surface area (Å²) in [7, 11) is -0.923. The van der Waals surface area contributed by atoms with Crippen LogP contribution in [0.15, 0.2) is 24.3 Å². The van der Waals surface area contributed by atoms with Crippen LogP contribution in [0.25, 0.3) is 0 Å². The third kappa shape index (κ3) is 3.96. The molecule has 1 heterocycles. The molecule has 2 N–H and O–H groups in total. The van der Waals surface area contributed by atoms with E-state index in [0.717, 1.165) is 11.3 Å². The highest BCUT2D eigenvalue weighted by atomic mass is 32.2. The molecule has 1 fully saturated rings. The molecule has 0 spiro atoms. The summed E-state index contributed by atoms with van der Waals surface area (Å²) < 4.78 is 28.7. The number of nitrogens with zero attached hydrogens (tertiary/aromatic N) is 1. The number of rotatable bonds is 6. The van der Waals surface area contributed by atoms with Crippen LogP contribution in [-0.2, 0) is 9.84 Å². The standard InChI is InChI=1S/C15H24N2O3S/c1-3-20-14-6-4-12(5-7-14)15(10-16)17(2)13-8-9-21(18,19)11-13/h4-7,13,15H,3,8-11,16H2,1-2H3. The van der Waals surface area contributed by atoms with Gasteiger partial charge in [-0.1, -0.05) is 12.1 Å². The molecule has 2 unspecified atom stereocenters. The van der Waals surface area contributed by atoms with Gasteiger partial charge in [-0.3, -0.25) is 4.90 Å². The number of likely N-dealkylation sites (N-methyl/N-ethyl adjacent to an activating group) is 1. The molecular formula is C15H24N2O3S. The lowest BCUT2D eigenvalue weighted by atomic mass is 10.0. The summed E-state index contributed by atoms with van der Waals surface area (Å²) in [5, 5.41) is 0. The Balaban J connectivity index is 2.11. The van der Waals surface area contributed by atoms with Crippen molar-refractivity contribution < 1.29 is 13.2 Å². The maximum atomic E-state index is 11.6. The molecule has 21 heavy (non-hydrogen) atoms. The van der Waals surface area contributed by atoms with E-state index in [2.05, 4.69) is 4.90 Å². The van der Waals surface area contributed by atoms with Crippen molar-refractivity contribution in [1.29, 1.82) is 0 Å². The number of ether oxygens (including phenoxy) is 1.